The Balaban J connectivity index is 2.98. The van der Waals surface area contributed by atoms with Gasteiger partial charge in [-0.2, -0.15) is 0 Å². The summed E-state index contributed by atoms with van der Waals surface area (Å²) in [6.07, 6.45) is 1.87. The molecule has 0 aliphatic heterocycles. The summed E-state index contributed by atoms with van der Waals surface area (Å²) in [4.78, 5) is 0.0447. The Hall–Kier alpha value is -0.780. The van der Waals surface area contributed by atoms with E-state index in [-0.39, 0.29) is 9.92 Å². The first kappa shape index (κ1) is 16.3. The molecule has 0 unspecified atom stereocenters. The zero-order valence-electron chi connectivity index (χ0n) is 11.5. The largest absolute Gasteiger partial charge is 0.398 e. The van der Waals surface area contributed by atoms with Crippen LogP contribution in [0, 0.1) is 12.8 Å². The average Bonchev–Trinajstić information content (AvgIpc) is 2.34. The second kappa shape index (κ2) is 6.59. The lowest BCUT2D eigenvalue weighted by Gasteiger charge is -2.15. The van der Waals surface area contributed by atoms with E-state index in [0.717, 1.165) is 18.4 Å². The summed E-state index contributed by atoms with van der Waals surface area (Å²) < 4.78 is 27.0. The zero-order valence-corrected chi connectivity index (χ0v) is 13.1. The number of benzene rings is 1. The number of nitrogens with two attached hydrogens (primary N) is 1. The molecule has 19 heavy (non-hydrogen) atoms. The lowest BCUT2D eigenvalue weighted by molar-refractivity contribution is 0.479. The molecule has 108 valence electrons. The molecule has 0 amide bonds. The zero-order chi connectivity index (χ0) is 14.6. The van der Waals surface area contributed by atoms with Crippen LogP contribution < -0.4 is 10.5 Å². The SMILES string of the molecule is CCC(CC)CNS(=O)(=O)c1cc(N)c(C)cc1Cl. The molecular formula is C13H21ClN2O2S. The van der Waals surface area contributed by atoms with E-state index in [2.05, 4.69) is 4.72 Å². The third-order valence-corrected chi connectivity index (χ3v) is 5.22. The highest BCUT2D eigenvalue weighted by Crippen LogP contribution is 2.26. The van der Waals surface area contributed by atoms with Crippen molar-refractivity contribution in [2.45, 2.75) is 38.5 Å². The molecule has 0 aromatic heterocycles. The molecule has 0 radical (unpaired) electrons. The summed E-state index contributed by atoms with van der Waals surface area (Å²) in [7, 11) is -3.61. The van der Waals surface area contributed by atoms with E-state index in [9.17, 15) is 8.42 Å². The van der Waals surface area contributed by atoms with E-state index in [1.54, 1.807) is 13.0 Å². The van der Waals surface area contributed by atoms with Gasteiger partial charge in [-0.15, -0.1) is 0 Å². The number of hydrogen-bond donors (Lipinski definition) is 2. The monoisotopic (exact) mass is 304 g/mol. The van der Waals surface area contributed by atoms with Crippen molar-refractivity contribution < 1.29 is 8.42 Å². The number of halogens is 1. The van der Waals surface area contributed by atoms with Gasteiger partial charge in [-0.05, 0) is 30.5 Å². The van der Waals surface area contributed by atoms with E-state index < -0.39 is 10.0 Å². The molecule has 0 heterocycles. The van der Waals surface area contributed by atoms with Gasteiger partial charge in [0, 0.05) is 12.2 Å². The maximum absolute atomic E-state index is 12.2. The second-order valence-electron chi connectivity index (χ2n) is 4.67. The predicted octanol–water partition coefficient (Wildman–Crippen LogP) is 2.95. The number of sulfonamides is 1. The van der Waals surface area contributed by atoms with Gasteiger partial charge in [0.25, 0.3) is 0 Å². The number of nitrogens with one attached hydrogen (secondary N) is 1. The van der Waals surface area contributed by atoms with Crippen LogP contribution in [0.3, 0.4) is 0 Å². The number of hydrogen-bond acceptors (Lipinski definition) is 3. The van der Waals surface area contributed by atoms with Crippen LogP contribution in [0.4, 0.5) is 5.69 Å². The molecular weight excluding hydrogens is 284 g/mol. The molecule has 1 rings (SSSR count). The number of nitrogen functional groups attached to an aromatic ring is 1. The van der Waals surface area contributed by atoms with Crippen molar-refractivity contribution in [1.29, 1.82) is 0 Å². The normalized spacial score (nSPS) is 12.1. The summed E-state index contributed by atoms with van der Waals surface area (Å²) in [6, 6.07) is 2.98. The first-order chi connectivity index (χ1) is 8.81. The van der Waals surface area contributed by atoms with Crippen molar-refractivity contribution in [2.75, 3.05) is 12.3 Å². The standard InChI is InChI=1S/C13H21ClN2O2S/c1-4-10(5-2)8-16-19(17,18)13-7-12(15)9(3)6-11(13)14/h6-7,10,16H,4-5,8,15H2,1-3H3. The summed E-state index contributed by atoms with van der Waals surface area (Å²) in [5.74, 6) is 0.330. The van der Waals surface area contributed by atoms with Gasteiger partial charge in [0.05, 0.1) is 5.02 Å². The highest BCUT2D eigenvalue weighted by molar-refractivity contribution is 7.89. The molecule has 0 saturated heterocycles. The molecule has 0 aliphatic rings. The van der Waals surface area contributed by atoms with E-state index in [1.165, 1.54) is 6.07 Å². The number of aryl methyl sites for hydroxylation is 1. The molecule has 0 bridgehead atoms. The number of anilines is 1. The van der Waals surface area contributed by atoms with Gasteiger partial charge in [-0.3, -0.25) is 0 Å². The van der Waals surface area contributed by atoms with Crippen LogP contribution >= 0.6 is 11.6 Å². The van der Waals surface area contributed by atoms with Gasteiger partial charge in [0.15, 0.2) is 0 Å². The molecule has 0 fully saturated rings. The summed E-state index contributed by atoms with van der Waals surface area (Å²) in [6.45, 7) is 6.29. The fourth-order valence-corrected chi connectivity index (χ4v) is 3.49. The lowest BCUT2D eigenvalue weighted by Crippen LogP contribution is -2.29. The van der Waals surface area contributed by atoms with Crippen molar-refractivity contribution in [3.05, 3.63) is 22.7 Å². The summed E-state index contributed by atoms with van der Waals surface area (Å²) >= 11 is 5.99. The third kappa shape index (κ3) is 4.09. The van der Waals surface area contributed by atoms with Crippen LogP contribution in [0.25, 0.3) is 0 Å². The van der Waals surface area contributed by atoms with Gasteiger partial charge in [-0.25, -0.2) is 13.1 Å². The van der Waals surface area contributed by atoms with Crippen LogP contribution in [0.15, 0.2) is 17.0 Å². The average molecular weight is 305 g/mol. The molecule has 0 spiro atoms. The van der Waals surface area contributed by atoms with Gasteiger partial charge >= 0.3 is 0 Å². The molecule has 1 aromatic rings. The fourth-order valence-electron chi connectivity index (χ4n) is 1.76. The lowest BCUT2D eigenvalue weighted by atomic mass is 10.0. The first-order valence-electron chi connectivity index (χ1n) is 6.37. The highest BCUT2D eigenvalue weighted by Gasteiger charge is 2.20. The van der Waals surface area contributed by atoms with Crippen LogP contribution in [0.2, 0.25) is 5.02 Å². The maximum atomic E-state index is 12.2. The molecule has 0 aliphatic carbocycles. The minimum absolute atomic E-state index is 0.0447. The molecule has 0 atom stereocenters. The second-order valence-corrected chi connectivity index (χ2v) is 6.82. The van der Waals surface area contributed by atoms with Gasteiger partial charge in [-0.1, -0.05) is 38.3 Å². The van der Waals surface area contributed by atoms with Crippen LogP contribution in [0.5, 0.6) is 0 Å². The van der Waals surface area contributed by atoms with Gasteiger partial charge in [0.2, 0.25) is 10.0 Å². The smallest absolute Gasteiger partial charge is 0.242 e. The van der Waals surface area contributed by atoms with Crippen molar-refractivity contribution in [3.63, 3.8) is 0 Å². The third-order valence-electron chi connectivity index (χ3n) is 3.33. The Kier molecular flexibility index (Phi) is 5.64. The van der Waals surface area contributed by atoms with E-state index >= 15 is 0 Å². The van der Waals surface area contributed by atoms with Crippen molar-refractivity contribution >= 4 is 27.3 Å². The van der Waals surface area contributed by atoms with Gasteiger partial charge in [0.1, 0.15) is 4.90 Å². The highest BCUT2D eigenvalue weighted by atomic mass is 35.5. The molecule has 0 saturated carbocycles. The Morgan fingerprint density at radius 1 is 1.32 bits per heavy atom. The Morgan fingerprint density at radius 3 is 2.42 bits per heavy atom. The van der Waals surface area contributed by atoms with E-state index in [4.69, 9.17) is 17.3 Å². The maximum Gasteiger partial charge on any atom is 0.242 e. The molecule has 1 aromatic carbocycles. The van der Waals surface area contributed by atoms with Crippen molar-refractivity contribution in [1.82, 2.24) is 4.72 Å². The molecule has 4 nitrogen and oxygen atoms in total. The summed E-state index contributed by atoms with van der Waals surface area (Å²) in [5, 5.41) is 0.198. The fraction of sp³-hybridized carbons (Fsp3) is 0.538. The van der Waals surface area contributed by atoms with Gasteiger partial charge < -0.3 is 5.73 Å². The van der Waals surface area contributed by atoms with Crippen molar-refractivity contribution in [2.24, 2.45) is 5.92 Å². The number of rotatable bonds is 6. The summed E-state index contributed by atoms with van der Waals surface area (Å²) in [5.41, 5.74) is 6.93. The minimum Gasteiger partial charge on any atom is -0.398 e. The Labute approximate surface area is 120 Å². The van der Waals surface area contributed by atoms with Crippen molar-refractivity contribution in [3.8, 4) is 0 Å². The first-order valence-corrected chi connectivity index (χ1v) is 8.23. The Morgan fingerprint density at radius 2 is 1.89 bits per heavy atom. The molecule has 3 N–H and O–H groups in total. The molecule has 6 heteroatoms. The van der Waals surface area contributed by atoms with E-state index in [0.29, 0.717) is 18.2 Å². The van der Waals surface area contributed by atoms with Crippen LogP contribution in [-0.4, -0.2) is 15.0 Å². The van der Waals surface area contributed by atoms with Crippen LogP contribution in [0.1, 0.15) is 32.3 Å². The van der Waals surface area contributed by atoms with Crippen LogP contribution in [-0.2, 0) is 10.0 Å². The predicted molar refractivity (Wildman–Crippen MR) is 79.9 cm³/mol. The minimum atomic E-state index is -3.61. The Bertz CT molecular complexity index is 540. The quantitative estimate of drug-likeness (QED) is 0.794. The van der Waals surface area contributed by atoms with E-state index in [1.807, 2.05) is 13.8 Å². The topological polar surface area (TPSA) is 72.2 Å².